The van der Waals surface area contributed by atoms with Crippen LogP contribution in [-0.2, 0) is 11.3 Å². The quantitative estimate of drug-likeness (QED) is 0.786. The van der Waals surface area contributed by atoms with Crippen molar-refractivity contribution in [3.63, 3.8) is 0 Å². The molecule has 1 fully saturated rings. The van der Waals surface area contributed by atoms with Gasteiger partial charge in [-0.15, -0.1) is 6.58 Å². The molecule has 3 heteroatoms. The molecule has 0 saturated heterocycles. The van der Waals surface area contributed by atoms with Crippen LogP contribution < -0.4 is 5.32 Å². The number of rotatable bonds is 6. The molecule has 1 aromatic rings. The summed E-state index contributed by atoms with van der Waals surface area (Å²) in [6, 6.07) is 9.90. The SMILES string of the molecule is C=CC[C@H](NC(=O)OCc1ccccc1)C1CCCCC1. The van der Waals surface area contributed by atoms with Gasteiger partial charge in [-0.2, -0.15) is 0 Å². The Bertz CT molecular complexity index is 438. The highest BCUT2D eigenvalue weighted by Crippen LogP contribution is 2.28. The summed E-state index contributed by atoms with van der Waals surface area (Å²) in [5, 5.41) is 3.03. The van der Waals surface area contributed by atoms with E-state index in [4.69, 9.17) is 4.74 Å². The van der Waals surface area contributed by atoms with E-state index in [1.165, 1.54) is 32.1 Å². The summed E-state index contributed by atoms with van der Waals surface area (Å²) in [5.41, 5.74) is 1.01. The van der Waals surface area contributed by atoms with Gasteiger partial charge < -0.3 is 10.1 Å². The molecule has 0 bridgehead atoms. The van der Waals surface area contributed by atoms with E-state index in [2.05, 4.69) is 11.9 Å². The number of carbonyl (C=O) groups excluding carboxylic acids is 1. The summed E-state index contributed by atoms with van der Waals surface area (Å²) in [7, 11) is 0. The van der Waals surface area contributed by atoms with Gasteiger partial charge in [-0.25, -0.2) is 4.79 Å². The van der Waals surface area contributed by atoms with Crippen LogP contribution in [0.5, 0.6) is 0 Å². The van der Waals surface area contributed by atoms with Crippen molar-refractivity contribution in [3.05, 3.63) is 48.6 Å². The molecule has 0 aliphatic heterocycles. The number of hydrogen-bond acceptors (Lipinski definition) is 2. The van der Waals surface area contributed by atoms with Crippen molar-refractivity contribution in [1.82, 2.24) is 5.32 Å². The smallest absolute Gasteiger partial charge is 0.407 e. The predicted octanol–water partition coefficient (Wildman–Crippen LogP) is 4.44. The zero-order valence-electron chi connectivity index (χ0n) is 12.6. The fraction of sp³-hybridized carbons (Fsp3) is 0.500. The summed E-state index contributed by atoms with van der Waals surface area (Å²) >= 11 is 0. The molecule has 1 aliphatic rings. The highest BCUT2D eigenvalue weighted by molar-refractivity contribution is 5.67. The van der Waals surface area contributed by atoms with Crippen molar-refractivity contribution < 1.29 is 9.53 Å². The normalized spacial score (nSPS) is 17.0. The molecule has 0 heterocycles. The van der Waals surface area contributed by atoms with Gasteiger partial charge >= 0.3 is 6.09 Å². The molecule has 1 N–H and O–H groups in total. The van der Waals surface area contributed by atoms with Gasteiger partial charge in [-0.1, -0.05) is 55.7 Å². The zero-order valence-corrected chi connectivity index (χ0v) is 12.6. The van der Waals surface area contributed by atoms with Gasteiger partial charge in [-0.05, 0) is 30.7 Å². The largest absolute Gasteiger partial charge is 0.445 e. The maximum Gasteiger partial charge on any atom is 0.407 e. The Morgan fingerprint density at radius 2 is 2.00 bits per heavy atom. The van der Waals surface area contributed by atoms with E-state index in [-0.39, 0.29) is 12.1 Å². The standard InChI is InChI=1S/C18H25NO2/c1-2-9-17(16-12-7-4-8-13-16)19-18(20)21-14-15-10-5-3-6-11-15/h2-3,5-6,10-11,16-17H,1,4,7-9,12-14H2,(H,19,20)/t17-/m0/s1. The van der Waals surface area contributed by atoms with Crippen LogP contribution in [0.3, 0.4) is 0 Å². The third-order valence-corrected chi connectivity index (χ3v) is 4.16. The van der Waals surface area contributed by atoms with E-state index in [9.17, 15) is 4.79 Å². The lowest BCUT2D eigenvalue weighted by molar-refractivity contribution is 0.129. The fourth-order valence-electron chi connectivity index (χ4n) is 3.00. The number of benzene rings is 1. The van der Waals surface area contributed by atoms with E-state index >= 15 is 0 Å². The summed E-state index contributed by atoms with van der Waals surface area (Å²) in [6.45, 7) is 4.12. The molecule has 1 saturated carbocycles. The average molecular weight is 287 g/mol. The van der Waals surface area contributed by atoms with E-state index in [0.717, 1.165) is 12.0 Å². The van der Waals surface area contributed by atoms with E-state index in [1.807, 2.05) is 36.4 Å². The van der Waals surface area contributed by atoms with Crippen LogP contribution in [0, 0.1) is 5.92 Å². The molecule has 0 spiro atoms. The molecule has 0 aromatic heterocycles. The van der Waals surface area contributed by atoms with E-state index in [0.29, 0.717) is 12.5 Å². The van der Waals surface area contributed by atoms with Crippen LogP contribution in [0.2, 0.25) is 0 Å². The van der Waals surface area contributed by atoms with Crippen molar-refractivity contribution in [2.24, 2.45) is 5.92 Å². The highest BCUT2D eigenvalue weighted by atomic mass is 16.5. The molecular weight excluding hydrogens is 262 g/mol. The molecule has 21 heavy (non-hydrogen) atoms. The molecule has 3 nitrogen and oxygen atoms in total. The number of hydrogen-bond donors (Lipinski definition) is 1. The summed E-state index contributed by atoms with van der Waals surface area (Å²) in [4.78, 5) is 12.0. The lowest BCUT2D eigenvalue weighted by Gasteiger charge is -2.30. The zero-order chi connectivity index (χ0) is 14.9. The number of carbonyl (C=O) groups is 1. The minimum atomic E-state index is -0.323. The predicted molar refractivity (Wildman–Crippen MR) is 84.9 cm³/mol. The third-order valence-electron chi connectivity index (χ3n) is 4.16. The lowest BCUT2D eigenvalue weighted by Crippen LogP contribution is -2.41. The van der Waals surface area contributed by atoms with Gasteiger partial charge in [0.2, 0.25) is 0 Å². The molecule has 114 valence electrons. The Labute approximate surface area is 127 Å². The van der Waals surface area contributed by atoms with Crippen molar-refractivity contribution in [3.8, 4) is 0 Å². The maximum absolute atomic E-state index is 12.0. The number of nitrogens with one attached hydrogen (secondary N) is 1. The van der Waals surface area contributed by atoms with Crippen LogP contribution in [0.15, 0.2) is 43.0 Å². The van der Waals surface area contributed by atoms with Gasteiger partial charge in [0, 0.05) is 6.04 Å². The van der Waals surface area contributed by atoms with Gasteiger partial charge in [0.1, 0.15) is 6.61 Å². The second-order valence-electron chi connectivity index (χ2n) is 5.74. The van der Waals surface area contributed by atoms with Gasteiger partial charge in [0.25, 0.3) is 0 Å². The lowest BCUT2D eigenvalue weighted by atomic mass is 9.83. The molecule has 1 amide bonds. The first-order valence-electron chi connectivity index (χ1n) is 7.87. The van der Waals surface area contributed by atoms with Crippen molar-refractivity contribution >= 4 is 6.09 Å². The molecule has 1 aliphatic carbocycles. The van der Waals surface area contributed by atoms with Crippen LogP contribution in [0.25, 0.3) is 0 Å². The van der Waals surface area contributed by atoms with Crippen LogP contribution >= 0.6 is 0 Å². The number of alkyl carbamates (subject to hydrolysis) is 1. The van der Waals surface area contributed by atoms with Gasteiger partial charge in [0.05, 0.1) is 0 Å². The Morgan fingerprint density at radius 1 is 1.29 bits per heavy atom. The summed E-state index contributed by atoms with van der Waals surface area (Å²) < 4.78 is 5.31. The Kier molecular flexibility index (Phi) is 6.32. The summed E-state index contributed by atoms with van der Waals surface area (Å²) in [6.07, 6.45) is 8.60. The van der Waals surface area contributed by atoms with Crippen molar-refractivity contribution in [2.45, 2.75) is 51.2 Å². The monoisotopic (exact) mass is 287 g/mol. The van der Waals surface area contributed by atoms with E-state index in [1.54, 1.807) is 0 Å². The molecular formula is C18H25NO2. The van der Waals surface area contributed by atoms with Crippen molar-refractivity contribution in [1.29, 1.82) is 0 Å². The molecule has 1 atom stereocenters. The molecule has 1 aromatic carbocycles. The average Bonchev–Trinajstić information content (AvgIpc) is 2.54. The first-order valence-corrected chi connectivity index (χ1v) is 7.87. The Hall–Kier alpha value is -1.77. The van der Waals surface area contributed by atoms with Crippen molar-refractivity contribution in [2.75, 3.05) is 0 Å². The first-order chi connectivity index (χ1) is 10.3. The maximum atomic E-state index is 12.0. The van der Waals surface area contributed by atoms with Gasteiger partial charge in [0.15, 0.2) is 0 Å². The highest BCUT2D eigenvalue weighted by Gasteiger charge is 2.24. The van der Waals surface area contributed by atoms with Crippen LogP contribution in [0.1, 0.15) is 44.1 Å². The van der Waals surface area contributed by atoms with E-state index < -0.39 is 0 Å². The molecule has 2 rings (SSSR count). The van der Waals surface area contributed by atoms with Crippen LogP contribution in [0.4, 0.5) is 4.79 Å². The number of ether oxygens (including phenoxy) is 1. The topological polar surface area (TPSA) is 38.3 Å². The minimum absolute atomic E-state index is 0.158. The second-order valence-corrected chi connectivity index (χ2v) is 5.74. The Balaban J connectivity index is 1.81. The fourth-order valence-corrected chi connectivity index (χ4v) is 3.00. The molecule has 0 radical (unpaired) electrons. The van der Waals surface area contributed by atoms with Gasteiger partial charge in [-0.3, -0.25) is 0 Å². The Morgan fingerprint density at radius 3 is 2.67 bits per heavy atom. The minimum Gasteiger partial charge on any atom is -0.445 e. The molecule has 0 unspecified atom stereocenters. The first kappa shape index (κ1) is 15.6. The summed E-state index contributed by atoms with van der Waals surface area (Å²) in [5.74, 6) is 0.557. The second kappa shape index (κ2) is 8.50. The number of amides is 1. The van der Waals surface area contributed by atoms with Crippen LogP contribution in [-0.4, -0.2) is 12.1 Å². The third kappa shape index (κ3) is 5.25.